The molecule has 1 N–H and O–H groups in total. The van der Waals surface area contributed by atoms with Gasteiger partial charge in [-0.1, -0.05) is 41.9 Å². The van der Waals surface area contributed by atoms with Gasteiger partial charge >= 0.3 is 0 Å². The molecular weight excluding hydrogens is 282 g/mol. The first-order valence-electron chi connectivity index (χ1n) is 7.38. The third-order valence-electron chi connectivity index (χ3n) is 4.20. The predicted molar refractivity (Wildman–Crippen MR) is 87.1 cm³/mol. The minimum atomic E-state index is 0.380. The standard InChI is InChI=1S/C18H20ClNO/c1-20-18(12-21-15-9-7-14(19)8-10-15)17-11-16(17)13-5-3-2-4-6-13/h2-10,16-18,20H,11-12H2,1H3. The summed E-state index contributed by atoms with van der Waals surface area (Å²) in [6.45, 7) is 0.687. The van der Waals surface area contributed by atoms with Crippen molar-refractivity contribution < 1.29 is 4.74 Å². The van der Waals surface area contributed by atoms with E-state index in [0.29, 0.717) is 24.5 Å². The molecule has 0 heterocycles. The van der Waals surface area contributed by atoms with Gasteiger partial charge in [-0.3, -0.25) is 0 Å². The summed E-state index contributed by atoms with van der Waals surface area (Å²) in [6.07, 6.45) is 1.24. The summed E-state index contributed by atoms with van der Waals surface area (Å²) in [4.78, 5) is 0. The minimum Gasteiger partial charge on any atom is -0.492 e. The van der Waals surface area contributed by atoms with Crippen LogP contribution in [0.15, 0.2) is 54.6 Å². The summed E-state index contributed by atoms with van der Waals surface area (Å²) in [5, 5.41) is 4.13. The first-order valence-corrected chi connectivity index (χ1v) is 7.76. The lowest BCUT2D eigenvalue weighted by Crippen LogP contribution is -2.34. The maximum atomic E-state index is 5.88. The molecule has 21 heavy (non-hydrogen) atoms. The maximum Gasteiger partial charge on any atom is 0.119 e. The second-order valence-electron chi connectivity index (χ2n) is 5.58. The van der Waals surface area contributed by atoms with Crippen LogP contribution in [0.1, 0.15) is 17.9 Å². The number of ether oxygens (including phenoxy) is 1. The molecule has 110 valence electrons. The fraction of sp³-hybridized carbons (Fsp3) is 0.333. The normalized spacial score (nSPS) is 21.8. The molecule has 3 rings (SSSR count). The molecule has 1 aliphatic rings. The fourth-order valence-corrected chi connectivity index (χ4v) is 3.01. The molecule has 3 atom stereocenters. The van der Waals surface area contributed by atoms with Gasteiger partial charge in [-0.2, -0.15) is 0 Å². The van der Waals surface area contributed by atoms with E-state index in [1.807, 2.05) is 31.3 Å². The Kier molecular flexibility index (Phi) is 4.47. The van der Waals surface area contributed by atoms with Crippen molar-refractivity contribution >= 4 is 11.6 Å². The Morgan fingerprint density at radius 3 is 2.52 bits per heavy atom. The van der Waals surface area contributed by atoms with E-state index in [-0.39, 0.29) is 0 Å². The van der Waals surface area contributed by atoms with Crippen molar-refractivity contribution in [3.05, 3.63) is 65.2 Å². The van der Waals surface area contributed by atoms with Gasteiger partial charge in [0.05, 0.1) is 0 Å². The molecule has 3 unspecified atom stereocenters. The highest BCUT2D eigenvalue weighted by Gasteiger charge is 2.43. The Hall–Kier alpha value is -1.51. The van der Waals surface area contributed by atoms with E-state index < -0.39 is 0 Å². The van der Waals surface area contributed by atoms with Crippen LogP contribution in [0.2, 0.25) is 5.02 Å². The van der Waals surface area contributed by atoms with Gasteiger partial charge in [-0.05, 0) is 55.1 Å². The molecule has 0 radical (unpaired) electrons. The van der Waals surface area contributed by atoms with Gasteiger partial charge in [0.2, 0.25) is 0 Å². The van der Waals surface area contributed by atoms with Crippen molar-refractivity contribution in [1.82, 2.24) is 5.32 Å². The molecule has 0 amide bonds. The van der Waals surface area contributed by atoms with Crippen molar-refractivity contribution in [3.63, 3.8) is 0 Å². The zero-order valence-corrected chi connectivity index (χ0v) is 12.9. The van der Waals surface area contributed by atoms with Gasteiger partial charge < -0.3 is 10.1 Å². The number of likely N-dealkylation sites (N-methyl/N-ethyl adjacent to an activating group) is 1. The molecule has 0 saturated heterocycles. The first-order chi connectivity index (χ1) is 10.3. The van der Waals surface area contributed by atoms with Crippen LogP contribution in [0, 0.1) is 5.92 Å². The molecule has 2 aromatic carbocycles. The molecule has 0 aliphatic heterocycles. The molecule has 2 aromatic rings. The van der Waals surface area contributed by atoms with Gasteiger partial charge in [0.25, 0.3) is 0 Å². The van der Waals surface area contributed by atoms with Gasteiger partial charge in [0.15, 0.2) is 0 Å². The van der Waals surface area contributed by atoms with E-state index in [1.54, 1.807) is 0 Å². The second-order valence-corrected chi connectivity index (χ2v) is 6.01. The van der Waals surface area contributed by atoms with Crippen molar-refractivity contribution in [2.24, 2.45) is 5.92 Å². The third-order valence-corrected chi connectivity index (χ3v) is 4.45. The van der Waals surface area contributed by atoms with E-state index in [0.717, 1.165) is 10.8 Å². The van der Waals surface area contributed by atoms with E-state index in [1.165, 1.54) is 12.0 Å². The fourth-order valence-electron chi connectivity index (χ4n) is 2.88. The smallest absolute Gasteiger partial charge is 0.119 e. The first kappa shape index (κ1) is 14.4. The number of hydrogen-bond acceptors (Lipinski definition) is 2. The van der Waals surface area contributed by atoms with Crippen LogP contribution in [0.25, 0.3) is 0 Å². The molecular formula is C18H20ClNO. The van der Waals surface area contributed by atoms with E-state index in [2.05, 4.69) is 35.6 Å². The summed E-state index contributed by atoms with van der Waals surface area (Å²) < 4.78 is 5.88. The van der Waals surface area contributed by atoms with Gasteiger partial charge in [-0.25, -0.2) is 0 Å². The summed E-state index contributed by atoms with van der Waals surface area (Å²) in [5.74, 6) is 2.19. The molecule has 3 heteroatoms. The topological polar surface area (TPSA) is 21.3 Å². The second kappa shape index (κ2) is 6.50. The molecule has 0 bridgehead atoms. The highest BCUT2D eigenvalue weighted by Crippen LogP contribution is 2.49. The lowest BCUT2D eigenvalue weighted by molar-refractivity contribution is 0.254. The molecule has 1 fully saturated rings. The van der Waals surface area contributed by atoms with Gasteiger partial charge in [0.1, 0.15) is 12.4 Å². The lowest BCUT2D eigenvalue weighted by atomic mass is 10.1. The molecule has 0 aromatic heterocycles. The van der Waals surface area contributed by atoms with Crippen LogP contribution in [0.3, 0.4) is 0 Å². The Labute approximate surface area is 131 Å². The van der Waals surface area contributed by atoms with Crippen LogP contribution >= 0.6 is 11.6 Å². The summed E-state index contributed by atoms with van der Waals surface area (Å²) in [7, 11) is 2.01. The van der Waals surface area contributed by atoms with Crippen LogP contribution < -0.4 is 10.1 Å². The SMILES string of the molecule is CNC(COc1ccc(Cl)cc1)C1CC1c1ccccc1. The summed E-state index contributed by atoms with van der Waals surface area (Å²) in [5.41, 5.74) is 1.44. The molecule has 1 aliphatic carbocycles. The number of rotatable bonds is 6. The van der Waals surface area contributed by atoms with E-state index >= 15 is 0 Å². The maximum absolute atomic E-state index is 5.88. The van der Waals surface area contributed by atoms with Crippen molar-refractivity contribution in [3.8, 4) is 5.75 Å². The summed E-state index contributed by atoms with van der Waals surface area (Å²) >= 11 is 5.88. The third kappa shape index (κ3) is 3.58. The average Bonchev–Trinajstić information content (AvgIpc) is 3.31. The number of benzene rings is 2. The molecule has 0 spiro atoms. The van der Waals surface area contributed by atoms with Crippen molar-refractivity contribution in [2.45, 2.75) is 18.4 Å². The Balaban J connectivity index is 1.56. The molecule has 2 nitrogen and oxygen atoms in total. The molecule has 1 saturated carbocycles. The lowest BCUT2D eigenvalue weighted by Gasteiger charge is -2.17. The monoisotopic (exact) mass is 301 g/mol. The number of nitrogens with one attached hydrogen (secondary N) is 1. The zero-order chi connectivity index (χ0) is 14.7. The average molecular weight is 302 g/mol. The summed E-state index contributed by atoms with van der Waals surface area (Å²) in [6, 6.07) is 18.7. The highest BCUT2D eigenvalue weighted by atomic mass is 35.5. The Morgan fingerprint density at radius 2 is 1.86 bits per heavy atom. The van der Waals surface area contributed by atoms with Gasteiger partial charge in [-0.15, -0.1) is 0 Å². The largest absolute Gasteiger partial charge is 0.492 e. The predicted octanol–water partition coefficient (Wildman–Crippen LogP) is 4.11. The van der Waals surface area contributed by atoms with Crippen LogP contribution in [0.5, 0.6) is 5.75 Å². The Bertz CT molecular complexity index is 570. The van der Waals surface area contributed by atoms with Crippen molar-refractivity contribution in [2.75, 3.05) is 13.7 Å². The number of halogens is 1. The number of hydrogen-bond donors (Lipinski definition) is 1. The van der Waals surface area contributed by atoms with E-state index in [4.69, 9.17) is 16.3 Å². The zero-order valence-electron chi connectivity index (χ0n) is 12.1. The van der Waals surface area contributed by atoms with Gasteiger partial charge in [0, 0.05) is 11.1 Å². The minimum absolute atomic E-state index is 0.380. The highest BCUT2D eigenvalue weighted by molar-refractivity contribution is 6.30. The quantitative estimate of drug-likeness (QED) is 0.867. The van der Waals surface area contributed by atoms with Crippen molar-refractivity contribution in [1.29, 1.82) is 0 Å². The van der Waals surface area contributed by atoms with Crippen LogP contribution in [0.4, 0.5) is 0 Å². The Morgan fingerprint density at radius 1 is 1.14 bits per heavy atom. The van der Waals surface area contributed by atoms with Crippen LogP contribution in [-0.2, 0) is 0 Å². The van der Waals surface area contributed by atoms with E-state index in [9.17, 15) is 0 Å². The van der Waals surface area contributed by atoms with Crippen LogP contribution in [-0.4, -0.2) is 19.7 Å².